The van der Waals surface area contributed by atoms with Crippen LogP contribution in [0.2, 0.25) is 0 Å². The molecular formula is C32H39N3O5S. The van der Waals surface area contributed by atoms with Crippen molar-refractivity contribution in [3.05, 3.63) is 90.0 Å². The smallest absolute Gasteiger partial charge is 0.264 e. The first-order valence-electron chi connectivity index (χ1n) is 14.2. The van der Waals surface area contributed by atoms with Gasteiger partial charge >= 0.3 is 0 Å². The molecule has 9 heteroatoms. The van der Waals surface area contributed by atoms with Crippen molar-refractivity contribution in [3.8, 4) is 5.75 Å². The number of ether oxygens (including phenoxy) is 1. The number of hydrogen-bond donors (Lipinski definition) is 1. The third kappa shape index (κ3) is 7.27. The first kappa shape index (κ1) is 30.1. The highest BCUT2D eigenvalue weighted by Crippen LogP contribution is 2.33. The minimum atomic E-state index is -4.16. The summed E-state index contributed by atoms with van der Waals surface area (Å²) < 4.78 is 34.9. The molecule has 218 valence electrons. The highest BCUT2D eigenvalue weighted by atomic mass is 32.2. The topological polar surface area (TPSA) is 96.0 Å². The second kappa shape index (κ2) is 13.7. The Morgan fingerprint density at radius 1 is 0.951 bits per heavy atom. The number of para-hydroxylation sites is 2. The van der Waals surface area contributed by atoms with E-state index in [-0.39, 0.29) is 29.1 Å². The Morgan fingerprint density at radius 3 is 2.27 bits per heavy atom. The van der Waals surface area contributed by atoms with Crippen LogP contribution in [0.1, 0.15) is 50.7 Å². The minimum absolute atomic E-state index is 0.0524. The van der Waals surface area contributed by atoms with Crippen molar-refractivity contribution in [2.24, 2.45) is 0 Å². The van der Waals surface area contributed by atoms with E-state index in [0.29, 0.717) is 12.4 Å². The molecule has 0 unspecified atom stereocenters. The number of carbonyl (C=O) groups excluding carboxylic acids is 2. The predicted octanol–water partition coefficient (Wildman–Crippen LogP) is 5.07. The van der Waals surface area contributed by atoms with Crippen molar-refractivity contribution in [2.75, 3.05) is 17.5 Å². The van der Waals surface area contributed by atoms with Crippen LogP contribution >= 0.6 is 0 Å². The van der Waals surface area contributed by atoms with E-state index < -0.39 is 28.5 Å². The predicted molar refractivity (Wildman–Crippen MR) is 160 cm³/mol. The number of hydrogen-bond acceptors (Lipinski definition) is 5. The molecule has 4 rings (SSSR count). The molecule has 1 aliphatic carbocycles. The molecule has 3 aromatic rings. The van der Waals surface area contributed by atoms with Crippen LogP contribution in [0, 0.1) is 6.92 Å². The lowest BCUT2D eigenvalue weighted by atomic mass is 10.1. The number of aryl methyl sites for hydroxylation is 1. The van der Waals surface area contributed by atoms with Crippen molar-refractivity contribution in [3.63, 3.8) is 0 Å². The van der Waals surface area contributed by atoms with E-state index in [1.165, 1.54) is 17.0 Å². The van der Waals surface area contributed by atoms with Crippen molar-refractivity contribution >= 4 is 27.5 Å². The molecule has 1 atom stereocenters. The van der Waals surface area contributed by atoms with Gasteiger partial charge in [-0.05, 0) is 69.0 Å². The fourth-order valence-corrected chi connectivity index (χ4v) is 6.57. The molecule has 0 saturated heterocycles. The summed E-state index contributed by atoms with van der Waals surface area (Å²) in [6.07, 6.45) is 3.97. The van der Waals surface area contributed by atoms with Crippen LogP contribution in [0.15, 0.2) is 83.8 Å². The van der Waals surface area contributed by atoms with Crippen LogP contribution in [0.25, 0.3) is 0 Å². The Balaban J connectivity index is 1.72. The summed E-state index contributed by atoms with van der Waals surface area (Å²) in [7, 11) is -4.16. The lowest BCUT2D eigenvalue weighted by Crippen LogP contribution is -2.52. The molecule has 1 fully saturated rings. The number of benzene rings is 3. The lowest BCUT2D eigenvalue weighted by Gasteiger charge is -2.33. The Morgan fingerprint density at radius 2 is 1.59 bits per heavy atom. The number of anilines is 1. The average Bonchev–Trinajstić information content (AvgIpc) is 3.49. The van der Waals surface area contributed by atoms with Gasteiger partial charge in [-0.15, -0.1) is 0 Å². The summed E-state index contributed by atoms with van der Waals surface area (Å²) in [5, 5.41) is 3.10. The van der Waals surface area contributed by atoms with Gasteiger partial charge in [0.2, 0.25) is 11.8 Å². The molecule has 8 nitrogen and oxygen atoms in total. The number of amides is 2. The SMILES string of the molecule is CCOc1ccccc1N(CC(=O)N(Cc1ccccc1C)[C@H](C)C(=O)NC1CCCC1)S(=O)(=O)c1ccccc1. The summed E-state index contributed by atoms with van der Waals surface area (Å²) in [5.74, 6) is -0.390. The first-order chi connectivity index (χ1) is 19.7. The van der Waals surface area contributed by atoms with Crippen molar-refractivity contribution < 1.29 is 22.7 Å². The molecule has 1 N–H and O–H groups in total. The fourth-order valence-electron chi connectivity index (χ4n) is 5.12. The largest absolute Gasteiger partial charge is 0.492 e. The second-order valence-corrected chi connectivity index (χ2v) is 12.2. The average molecular weight is 578 g/mol. The molecule has 0 heterocycles. The van der Waals surface area contributed by atoms with E-state index in [1.807, 2.05) is 38.1 Å². The zero-order valence-corrected chi connectivity index (χ0v) is 24.8. The highest BCUT2D eigenvalue weighted by molar-refractivity contribution is 7.92. The number of nitrogens with one attached hydrogen (secondary N) is 1. The monoisotopic (exact) mass is 577 g/mol. The first-order valence-corrected chi connectivity index (χ1v) is 15.6. The molecule has 1 aliphatic rings. The van der Waals surface area contributed by atoms with Gasteiger partial charge in [-0.3, -0.25) is 13.9 Å². The van der Waals surface area contributed by atoms with Crippen LogP contribution in [-0.4, -0.2) is 50.4 Å². The van der Waals surface area contributed by atoms with Crippen LogP contribution in [0.5, 0.6) is 5.75 Å². The van der Waals surface area contributed by atoms with E-state index in [9.17, 15) is 18.0 Å². The van der Waals surface area contributed by atoms with Crippen LogP contribution in [-0.2, 0) is 26.2 Å². The van der Waals surface area contributed by atoms with Crippen molar-refractivity contribution in [2.45, 2.75) is 70.0 Å². The minimum Gasteiger partial charge on any atom is -0.492 e. The van der Waals surface area contributed by atoms with E-state index >= 15 is 0 Å². The number of carbonyl (C=O) groups is 2. The Labute approximate surface area is 243 Å². The van der Waals surface area contributed by atoms with Gasteiger partial charge in [-0.1, -0.05) is 67.4 Å². The Hall–Kier alpha value is -3.85. The molecule has 0 spiro atoms. The van der Waals surface area contributed by atoms with Crippen LogP contribution in [0.3, 0.4) is 0 Å². The fraction of sp³-hybridized carbons (Fsp3) is 0.375. The molecule has 1 saturated carbocycles. The Kier molecular flexibility index (Phi) is 10.0. The molecule has 0 radical (unpaired) electrons. The van der Waals surface area contributed by atoms with Gasteiger partial charge in [-0.2, -0.15) is 0 Å². The van der Waals surface area contributed by atoms with Gasteiger partial charge in [0.25, 0.3) is 10.0 Å². The number of sulfonamides is 1. The van der Waals surface area contributed by atoms with Crippen LogP contribution < -0.4 is 14.4 Å². The maximum Gasteiger partial charge on any atom is 0.264 e. The molecule has 0 aromatic heterocycles. The molecule has 0 bridgehead atoms. The van der Waals surface area contributed by atoms with Gasteiger partial charge < -0.3 is 15.0 Å². The van der Waals surface area contributed by atoms with Gasteiger partial charge in [0.15, 0.2) is 0 Å². The van der Waals surface area contributed by atoms with E-state index in [1.54, 1.807) is 49.4 Å². The Bertz CT molecular complexity index is 1440. The number of rotatable bonds is 12. The summed E-state index contributed by atoms with van der Waals surface area (Å²) >= 11 is 0. The van der Waals surface area contributed by atoms with Gasteiger partial charge in [0.1, 0.15) is 18.3 Å². The molecule has 3 aromatic carbocycles. The summed E-state index contributed by atoms with van der Waals surface area (Å²) in [6, 6.07) is 21.7. The molecule has 0 aliphatic heterocycles. The lowest BCUT2D eigenvalue weighted by molar-refractivity contribution is -0.139. The third-order valence-corrected chi connectivity index (χ3v) is 9.29. The zero-order chi connectivity index (χ0) is 29.4. The normalized spacial score (nSPS) is 14.3. The maximum absolute atomic E-state index is 14.2. The van der Waals surface area contributed by atoms with Gasteiger partial charge in [-0.25, -0.2) is 8.42 Å². The molecular weight excluding hydrogens is 538 g/mol. The molecule has 2 amide bonds. The third-order valence-electron chi connectivity index (χ3n) is 7.51. The van der Waals surface area contributed by atoms with Crippen molar-refractivity contribution in [1.82, 2.24) is 10.2 Å². The summed E-state index contributed by atoms with van der Waals surface area (Å²) in [6.45, 7) is 5.44. The van der Waals surface area contributed by atoms with E-state index in [4.69, 9.17) is 4.74 Å². The quantitative estimate of drug-likeness (QED) is 0.325. The van der Waals surface area contributed by atoms with E-state index in [2.05, 4.69) is 5.32 Å². The molecule has 41 heavy (non-hydrogen) atoms. The van der Waals surface area contributed by atoms with Crippen LogP contribution in [0.4, 0.5) is 5.69 Å². The summed E-state index contributed by atoms with van der Waals surface area (Å²) in [5.41, 5.74) is 2.11. The van der Waals surface area contributed by atoms with Crippen molar-refractivity contribution in [1.29, 1.82) is 0 Å². The summed E-state index contributed by atoms with van der Waals surface area (Å²) in [4.78, 5) is 29.1. The highest BCUT2D eigenvalue weighted by Gasteiger charge is 2.34. The van der Waals surface area contributed by atoms with E-state index in [0.717, 1.165) is 41.1 Å². The number of nitrogens with zero attached hydrogens (tertiary/aromatic N) is 2. The maximum atomic E-state index is 14.2. The second-order valence-electron chi connectivity index (χ2n) is 10.3. The zero-order valence-electron chi connectivity index (χ0n) is 24.0. The standard InChI is InChI=1S/C32H39N3O5S/c1-4-40-30-21-13-12-20-29(30)35(41(38,39)28-18-6-5-7-19-28)23-31(36)34(22-26-15-9-8-14-24(26)2)25(3)32(37)33-27-16-10-11-17-27/h5-9,12-15,18-21,25,27H,4,10-11,16-17,22-23H2,1-3H3,(H,33,37)/t25-/m1/s1. The van der Waals surface area contributed by atoms with Gasteiger partial charge in [0.05, 0.1) is 17.2 Å². The van der Waals surface area contributed by atoms with Gasteiger partial charge in [0, 0.05) is 12.6 Å².